The van der Waals surface area contributed by atoms with Crippen LogP contribution in [0.15, 0.2) is 54.1 Å². The average molecular weight is 242 g/mol. The third-order valence-electron chi connectivity index (χ3n) is 2.33. The molecule has 0 aliphatic carbocycles. The second kappa shape index (κ2) is 4.55. The maximum absolute atomic E-state index is 4.40. The Morgan fingerprint density at radius 2 is 2.00 bits per heavy atom. The van der Waals surface area contributed by atoms with E-state index >= 15 is 0 Å². The Bertz CT molecular complexity index is 587. The summed E-state index contributed by atoms with van der Waals surface area (Å²) in [5, 5.41) is 5.11. The molecule has 3 rings (SSSR count). The van der Waals surface area contributed by atoms with Crippen molar-refractivity contribution in [1.82, 2.24) is 19.6 Å². The summed E-state index contributed by atoms with van der Waals surface area (Å²) >= 11 is 1.63. The van der Waals surface area contributed by atoms with Crippen molar-refractivity contribution in [2.45, 2.75) is 10.9 Å². The van der Waals surface area contributed by atoms with Crippen LogP contribution in [0.3, 0.4) is 0 Å². The highest BCUT2D eigenvalue weighted by atomic mass is 32.2. The fourth-order valence-corrected chi connectivity index (χ4v) is 2.30. The summed E-state index contributed by atoms with van der Waals surface area (Å²) in [6.45, 7) is 0. The van der Waals surface area contributed by atoms with E-state index in [1.54, 1.807) is 28.8 Å². The first-order valence-electron chi connectivity index (χ1n) is 5.25. The molecule has 0 bridgehead atoms. The molecule has 3 aromatic rings. The molecule has 5 heteroatoms. The van der Waals surface area contributed by atoms with Crippen molar-refractivity contribution in [1.29, 1.82) is 0 Å². The lowest BCUT2D eigenvalue weighted by Gasteiger charge is -1.96. The summed E-state index contributed by atoms with van der Waals surface area (Å²) in [6.07, 6.45) is 3.38. The molecule has 0 N–H and O–H groups in total. The van der Waals surface area contributed by atoms with Gasteiger partial charge in [-0.15, -0.1) is 5.10 Å². The normalized spacial score (nSPS) is 10.8. The Kier molecular flexibility index (Phi) is 2.75. The monoisotopic (exact) mass is 242 g/mol. The largest absolute Gasteiger partial charge is 0.245 e. The van der Waals surface area contributed by atoms with Gasteiger partial charge < -0.3 is 0 Å². The smallest absolute Gasteiger partial charge is 0.209 e. The molecule has 0 aliphatic heterocycles. The maximum Gasteiger partial charge on any atom is 0.209 e. The Labute approximate surface area is 103 Å². The van der Waals surface area contributed by atoms with Crippen LogP contribution in [0.2, 0.25) is 0 Å². The molecule has 0 fully saturated rings. The highest BCUT2D eigenvalue weighted by molar-refractivity contribution is 7.98. The van der Waals surface area contributed by atoms with Gasteiger partial charge in [-0.3, -0.25) is 0 Å². The molecule has 0 saturated heterocycles. The summed E-state index contributed by atoms with van der Waals surface area (Å²) in [5.74, 6) is 0.880. The fraction of sp³-hybridized carbons (Fsp3) is 0.0833. The highest BCUT2D eigenvalue weighted by Crippen LogP contribution is 2.19. The molecule has 0 amide bonds. The first kappa shape index (κ1) is 10.3. The van der Waals surface area contributed by atoms with Gasteiger partial charge in [-0.2, -0.15) is 0 Å². The molecule has 0 radical (unpaired) electrons. The van der Waals surface area contributed by atoms with Crippen molar-refractivity contribution in [3.63, 3.8) is 0 Å². The van der Waals surface area contributed by atoms with Gasteiger partial charge in [-0.25, -0.2) is 14.5 Å². The summed E-state index contributed by atoms with van der Waals surface area (Å²) in [6, 6.07) is 12.1. The Morgan fingerprint density at radius 3 is 2.82 bits per heavy atom. The minimum absolute atomic E-state index is 0.779. The van der Waals surface area contributed by atoms with E-state index in [2.05, 4.69) is 27.2 Å². The fourth-order valence-electron chi connectivity index (χ4n) is 1.51. The van der Waals surface area contributed by atoms with Gasteiger partial charge in [-0.05, 0) is 5.56 Å². The van der Waals surface area contributed by atoms with Crippen molar-refractivity contribution < 1.29 is 0 Å². The zero-order chi connectivity index (χ0) is 11.5. The van der Waals surface area contributed by atoms with Crippen LogP contribution in [0.4, 0.5) is 0 Å². The standard InChI is InChI=1S/C12H10N4S/c1-2-4-10(5-3-1)8-17-12-14-11-6-7-13-9-16(11)15-12/h1-7,9H,8H2. The van der Waals surface area contributed by atoms with E-state index in [1.165, 1.54) is 5.56 Å². The van der Waals surface area contributed by atoms with Gasteiger partial charge in [0.15, 0.2) is 5.65 Å². The van der Waals surface area contributed by atoms with E-state index in [4.69, 9.17) is 0 Å². The summed E-state index contributed by atoms with van der Waals surface area (Å²) in [5.41, 5.74) is 2.10. The van der Waals surface area contributed by atoms with Crippen LogP contribution in [0.1, 0.15) is 5.56 Å². The average Bonchev–Trinajstić information content (AvgIpc) is 2.80. The van der Waals surface area contributed by atoms with Gasteiger partial charge in [0, 0.05) is 18.0 Å². The van der Waals surface area contributed by atoms with Crippen LogP contribution in [-0.4, -0.2) is 19.6 Å². The Morgan fingerprint density at radius 1 is 1.12 bits per heavy atom. The lowest BCUT2D eigenvalue weighted by atomic mass is 10.2. The third kappa shape index (κ3) is 2.29. The maximum atomic E-state index is 4.40. The number of thioether (sulfide) groups is 1. The molecule has 84 valence electrons. The van der Waals surface area contributed by atoms with E-state index in [0.29, 0.717) is 0 Å². The van der Waals surface area contributed by atoms with Gasteiger partial charge >= 0.3 is 0 Å². The van der Waals surface area contributed by atoms with E-state index in [0.717, 1.165) is 16.6 Å². The number of rotatable bonds is 3. The van der Waals surface area contributed by atoms with Crippen LogP contribution in [-0.2, 0) is 5.75 Å². The molecule has 0 atom stereocenters. The second-order valence-electron chi connectivity index (χ2n) is 3.55. The minimum Gasteiger partial charge on any atom is -0.245 e. The summed E-state index contributed by atoms with van der Waals surface area (Å²) in [7, 11) is 0. The van der Waals surface area contributed by atoms with E-state index in [1.807, 2.05) is 24.3 Å². The van der Waals surface area contributed by atoms with Gasteiger partial charge in [0.05, 0.1) is 0 Å². The van der Waals surface area contributed by atoms with Gasteiger partial charge in [0.25, 0.3) is 0 Å². The van der Waals surface area contributed by atoms with Crippen LogP contribution in [0.25, 0.3) is 5.65 Å². The van der Waals surface area contributed by atoms with Gasteiger partial charge in [0.2, 0.25) is 5.16 Å². The Hall–Kier alpha value is -1.88. The quantitative estimate of drug-likeness (QED) is 0.661. The van der Waals surface area contributed by atoms with Crippen LogP contribution in [0, 0.1) is 0 Å². The SMILES string of the molecule is c1ccc(CSc2nc3ccncn3n2)cc1. The number of hydrogen-bond acceptors (Lipinski definition) is 4. The molecule has 0 aliphatic rings. The molecule has 1 aromatic carbocycles. The number of hydrogen-bond donors (Lipinski definition) is 0. The van der Waals surface area contributed by atoms with Gasteiger partial charge in [0.1, 0.15) is 6.33 Å². The van der Waals surface area contributed by atoms with Crippen LogP contribution >= 0.6 is 11.8 Å². The third-order valence-corrected chi connectivity index (χ3v) is 3.24. The van der Waals surface area contributed by atoms with Gasteiger partial charge in [-0.1, -0.05) is 42.1 Å². The number of fused-ring (bicyclic) bond motifs is 1. The van der Waals surface area contributed by atoms with Crippen molar-refractivity contribution in [3.05, 3.63) is 54.5 Å². The molecule has 0 saturated carbocycles. The highest BCUT2D eigenvalue weighted by Gasteiger charge is 2.03. The van der Waals surface area contributed by atoms with E-state index in [9.17, 15) is 0 Å². The molecular weight excluding hydrogens is 232 g/mol. The Balaban J connectivity index is 1.77. The number of aromatic nitrogens is 4. The van der Waals surface area contributed by atoms with Crippen molar-refractivity contribution >= 4 is 17.4 Å². The molecule has 17 heavy (non-hydrogen) atoms. The molecule has 2 heterocycles. The number of nitrogens with zero attached hydrogens (tertiary/aromatic N) is 4. The van der Waals surface area contributed by atoms with Crippen molar-refractivity contribution in [2.24, 2.45) is 0 Å². The van der Waals surface area contributed by atoms with Crippen molar-refractivity contribution in [3.8, 4) is 0 Å². The number of benzene rings is 1. The second-order valence-corrected chi connectivity index (χ2v) is 4.49. The molecule has 0 unspecified atom stereocenters. The minimum atomic E-state index is 0.779. The first-order chi connectivity index (χ1) is 8.42. The molecule has 2 aromatic heterocycles. The lowest BCUT2D eigenvalue weighted by Crippen LogP contribution is -1.87. The summed E-state index contributed by atoms with van der Waals surface area (Å²) < 4.78 is 1.69. The predicted molar refractivity (Wildman–Crippen MR) is 66.8 cm³/mol. The molecular formula is C12H10N4S. The topological polar surface area (TPSA) is 43.1 Å². The first-order valence-corrected chi connectivity index (χ1v) is 6.23. The van der Waals surface area contributed by atoms with Crippen molar-refractivity contribution in [2.75, 3.05) is 0 Å². The predicted octanol–water partition coefficient (Wildman–Crippen LogP) is 2.42. The van der Waals surface area contributed by atoms with Crippen LogP contribution in [0.5, 0.6) is 0 Å². The zero-order valence-electron chi connectivity index (χ0n) is 9.02. The lowest BCUT2D eigenvalue weighted by molar-refractivity contribution is 0.864. The van der Waals surface area contributed by atoms with E-state index < -0.39 is 0 Å². The summed E-state index contributed by atoms with van der Waals surface area (Å²) in [4.78, 5) is 8.40. The molecule has 0 spiro atoms. The van der Waals surface area contributed by atoms with E-state index in [-0.39, 0.29) is 0 Å². The molecule has 4 nitrogen and oxygen atoms in total. The zero-order valence-corrected chi connectivity index (χ0v) is 9.84. The van der Waals surface area contributed by atoms with Crippen LogP contribution < -0.4 is 0 Å².